The predicted molar refractivity (Wildman–Crippen MR) is 73.0 cm³/mol. The van der Waals surface area contributed by atoms with Crippen LogP contribution in [0.15, 0.2) is 0 Å². The average Bonchev–Trinajstić information content (AvgIpc) is 2.37. The third-order valence-electron chi connectivity index (χ3n) is 4.49. The fourth-order valence-corrected chi connectivity index (χ4v) is 2.92. The standard InChI is InChI=1S/C14H26N2O3/c1-11-12(15-7-9-19-11)13(17)16-10-14(4-3-5-14)6-8-18-2/h11-12,15H,3-10H2,1-2H3,(H,16,17)/t11-,12+/m1/s1. The molecular weight excluding hydrogens is 244 g/mol. The molecule has 1 heterocycles. The van der Waals surface area contributed by atoms with Crippen LogP contribution in [0.25, 0.3) is 0 Å². The highest BCUT2D eigenvalue weighted by atomic mass is 16.5. The largest absolute Gasteiger partial charge is 0.385 e. The summed E-state index contributed by atoms with van der Waals surface area (Å²) in [6.07, 6.45) is 4.64. The minimum atomic E-state index is -0.215. The van der Waals surface area contributed by atoms with Gasteiger partial charge in [0.1, 0.15) is 6.04 Å². The molecule has 1 aliphatic heterocycles. The third-order valence-corrected chi connectivity index (χ3v) is 4.49. The van der Waals surface area contributed by atoms with Crippen LogP contribution in [0.4, 0.5) is 0 Å². The number of hydrogen-bond donors (Lipinski definition) is 2. The zero-order valence-corrected chi connectivity index (χ0v) is 12.0. The lowest BCUT2D eigenvalue weighted by Crippen LogP contribution is -2.57. The van der Waals surface area contributed by atoms with Gasteiger partial charge in [-0.25, -0.2) is 0 Å². The smallest absolute Gasteiger partial charge is 0.239 e. The molecule has 0 spiro atoms. The van der Waals surface area contributed by atoms with E-state index in [1.807, 2.05) is 6.92 Å². The summed E-state index contributed by atoms with van der Waals surface area (Å²) < 4.78 is 10.7. The van der Waals surface area contributed by atoms with Crippen LogP contribution in [-0.4, -0.2) is 51.5 Å². The van der Waals surface area contributed by atoms with E-state index in [4.69, 9.17) is 9.47 Å². The Morgan fingerprint density at radius 2 is 2.32 bits per heavy atom. The van der Waals surface area contributed by atoms with E-state index in [1.54, 1.807) is 7.11 Å². The predicted octanol–water partition coefficient (Wildman–Crippen LogP) is 0.686. The maximum absolute atomic E-state index is 12.2. The van der Waals surface area contributed by atoms with Crippen LogP contribution in [0.2, 0.25) is 0 Å². The van der Waals surface area contributed by atoms with Crippen LogP contribution in [0, 0.1) is 5.41 Å². The van der Waals surface area contributed by atoms with Gasteiger partial charge in [0, 0.05) is 26.8 Å². The van der Waals surface area contributed by atoms with Crippen molar-refractivity contribution in [3.05, 3.63) is 0 Å². The van der Waals surface area contributed by atoms with E-state index in [0.717, 1.165) is 26.1 Å². The fourth-order valence-electron chi connectivity index (χ4n) is 2.92. The van der Waals surface area contributed by atoms with Gasteiger partial charge in [0.2, 0.25) is 5.91 Å². The Hall–Kier alpha value is -0.650. The number of ether oxygens (including phenoxy) is 2. The Morgan fingerprint density at radius 3 is 2.89 bits per heavy atom. The number of amides is 1. The monoisotopic (exact) mass is 270 g/mol. The Morgan fingerprint density at radius 1 is 1.53 bits per heavy atom. The van der Waals surface area contributed by atoms with Gasteiger partial charge in [0.25, 0.3) is 0 Å². The number of nitrogens with one attached hydrogen (secondary N) is 2. The molecule has 19 heavy (non-hydrogen) atoms. The van der Waals surface area contributed by atoms with E-state index >= 15 is 0 Å². The van der Waals surface area contributed by atoms with Crippen LogP contribution in [0.1, 0.15) is 32.6 Å². The van der Waals surface area contributed by atoms with Crippen molar-refractivity contribution in [3.63, 3.8) is 0 Å². The van der Waals surface area contributed by atoms with Gasteiger partial charge in [-0.15, -0.1) is 0 Å². The van der Waals surface area contributed by atoms with E-state index in [1.165, 1.54) is 19.3 Å². The molecule has 110 valence electrons. The Bertz CT molecular complexity index is 305. The first-order valence-corrected chi connectivity index (χ1v) is 7.28. The van der Waals surface area contributed by atoms with Crippen LogP contribution in [-0.2, 0) is 14.3 Å². The highest BCUT2D eigenvalue weighted by Gasteiger charge is 2.38. The minimum Gasteiger partial charge on any atom is -0.385 e. The summed E-state index contributed by atoms with van der Waals surface area (Å²) in [5.41, 5.74) is 0.268. The van der Waals surface area contributed by atoms with Crippen molar-refractivity contribution < 1.29 is 14.3 Å². The van der Waals surface area contributed by atoms with Crippen LogP contribution >= 0.6 is 0 Å². The van der Waals surface area contributed by atoms with Gasteiger partial charge in [-0.05, 0) is 31.6 Å². The topological polar surface area (TPSA) is 59.6 Å². The fraction of sp³-hybridized carbons (Fsp3) is 0.929. The van der Waals surface area contributed by atoms with Gasteiger partial charge in [-0.1, -0.05) is 6.42 Å². The Labute approximate surface area is 115 Å². The molecule has 2 N–H and O–H groups in total. The molecule has 2 rings (SSSR count). The van der Waals surface area contributed by atoms with Gasteiger partial charge >= 0.3 is 0 Å². The van der Waals surface area contributed by atoms with Crippen LogP contribution in [0.5, 0.6) is 0 Å². The molecule has 2 atom stereocenters. The molecule has 1 saturated carbocycles. The van der Waals surface area contributed by atoms with Crippen molar-refractivity contribution >= 4 is 5.91 Å². The summed E-state index contributed by atoms with van der Waals surface area (Å²) in [5.74, 6) is 0.0656. The highest BCUT2D eigenvalue weighted by Crippen LogP contribution is 2.43. The van der Waals surface area contributed by atoms with E-state index in [9.17, 15) is 4.79 Å². The summed E-state index contributed by atoms with van der Waals surface area (Å²) in [4.78, 5) is 12.2. The first kappa shape index (κ1) is 14.8. The molecule has 0 bridgehead atoms. The van der Waals surface area contributed by atoms with Crippen molar-refractivity contribution in [3.8, 4) is 0 Å². The highest BCUT2D eigenvalue weighted by molar-refractivity contribution is 5.82. The molecule has 0 aromatic rings. The maximum Gasteiger partial charge on any atom is 0.239 e. The lowest BCUT2D eigenvalue weighted by molar-refractivity contribution is -0.130. The molecule has 0 aromatic carbocycles. The summed E-state index contributed by atoms with van der Waals surface area (Å²) in [6.45, 7) is 4.91. The summed E-state index contributed by atoms with van der Waals surface area (Å²) in [5, 5.41) is 6.32. The zero-order valence-electron chi connectivity index (χ0n) is 12.0. The van der Waals surface area contributed by atoms with Crippen LogP contribution in [0.3, 0.4) is 0 Å². The van der Waals surface area contributed by atoms with Gasteiger partial charge < -0.3 is 20.1 Å². The van der Waals surface area contributed by atoms with Crippen molar-refractivity contribution in [2.75, 3.05) is 33.4 Å². The quantitative estimate of drug-likeness (QED) is 0.745. The molecule has 0 aromatic heterocycles. The SMILES string of the molecule is COCCC1(CNC(=O)[C@H]2NCCO[C@@H]2C)CCC1. The summed E-state index contributed by atoms with van der Waals surface area (Å²) >= 11 is 0. The van der Waals surface area contributed by atoms with Crippen LogP contribution < -0.4 is 10.6 Å². The average molecular weight is 270 g/mol. The molecule has 1 saturated heterocycles. The minimum absolute atomic E-state index is 0.0509. The second kappa shape index (κ2) is 6.68. The lowest BCUT2D eigenvalue weighted by Gasteiger charge is -2.42. The number of rotatable bonds is 6. The van der Waals surface area contributed by atoms with Gasteiger partial charge in [0.05, 0.1) is 12.7 Å². The first-order valence-electron chi connectivity index (χ1n) is 7.28. The molecule has 1 aliphatic carbocycles. The second-order valence-electron chi connectivity index (χ2n) is 5.82. The number of methoxy groups -OCH3 is 1. The molecule has 5 nitrogen and oxygen atoms in total. The molecule has 0 unspecified atom stereocenters. The van der Waals surface area contributed by atoms with Gasteiger partial charge in [-0.3, -0.25) is 4.79 Å². The van der Waals surface area contributed by atoms with Gasteiger partial charge in [-0.2, -0.15) is 0 Å². The molecule has 2 aliphatic rings. The van der Waals surface area contributed by atoms with E-state index < -0.39 is 0 Å². The molecule has 1 amide bonds. The van der Waals surface area contributed by atoms with Crippen molar-refractivity contribution in [1.82, 2.24) is 10.6 Å². The Kier molecular flexibility index (Phi) is 5.19. The van der Waals surface area contributed by atoms with E-state index in [2.05, 4.69) is 10.6 Å². The third kappa shape index (κ3) is 3.68. The van der Waals surface area contributed by atoms with E-state index in [0.29, 0.717) is 6.61 Å². The van der Waals surface area contributed by atoms with Gasteiger partial charge in [0.15, 0.2) is 0 Å². The van der Waals surface area contributed by atoms with Crippen molar-refractivity contribution in [1.29, 1.82) is 0 Å². The lowest BCUT2D eigenvalue weighted by atomic mass is 9.66. The normalized spacial score (nSPS) is 29.6. The number of carbonyl (C=O) groups excluding carboxylic acids is 1. The zero-order chi connectivity index (χ0) is 13.7. The summed E-state index contributed by atoms with van der Waals surface area (Å²) in [6, 6.07) is -0.215. The second-order valence-corrected chi connectivity index (χ2v) is 5.82. The summed E-state index contributed by atoms with van der Waals surface area (Å²) in [7, 11) is 1.73. The molecular formula is C14H26N2O3. The number of morpholine rings is 1. The van der Waals surface area contributed by atoms with Crippen molar-refractivity contribution in [2.24, 2.45) is 5.41 Å². The Balaban J connectivity index is 1.78. The number of carbonyl (C=O) groups is 1. The van der Waals surface area contributed by atoms with Crippen molar-refractivity contribution in [2.45, 2.75) is 44.8 Å². The first-order chi connectivity index (χ1) is 9.17. The molecule has 2 fully saturated rings. The van der Waals surface area contributed by atoms with E-state index in [-0.39, 0.29) is 23.5 Å². The number of hydrogen-bond acceptors (Lipinski definition) is 4. The molecule has 0 radical (unpaired) electrons. The molecule has 5 heteroatoms. The maximum atomic E-state index is 12.2.